The van der Waals surface area contributed by atoms with E-state index >= 15 is 0 Å². The van der Waals surface area contributed by atoms with Gasteiger partial charge in [0.15, 0.2) is 5.69 Å². The molecule has 0 aliphatic heterocycles. The predicted molar refractivity (Wildman–Crippen MR) is 125 cm³/mol. The maximum Gasteiger partial charge on any atom is 0.417 e. The summed E-state index contributed by atoms with van der Waals surface area (Å²) in [5.41, 5.74) is 0.478. The van der Waals surface area contributed by atoms with Crippen molar-refractivity contribution in [3.63, 3.8) is 0 Å². The van der Waals surface area contributed by atoms with Gasteiger partial charge in [-0.1, -0.05) is 54.1 Å². The van der Waals surface area contributed by atoms with Crippen molar-refractivity contribution in [2.45, 2.75) is 6.18 Å². The highest BCUT2D eigenvalue weighted by molar-refractivity contribution is 6.33. The second-order valence-corrected chi connectivity index (χ2v) is 7.84. The predicted octanol–water partition coefficient (Wildman–Crippen LogP) is 5.85. The number of hydrogen-bond donors (Lipinski definition) is 0. The number of carbonyl (C=O) groups excluding carboxylic acids is 2. The van der Waals surface area contributed by atoms with Crippen molar-refractivity contribution < 1.29 is 32.2 Å². The molecule has 0 fully saturated rings. The van der Waals surface area contributed by atoms with Crippen molar-refractivity contribution >= 4 is 23.5 Å². The van der Waals surface area contributed by atoms with Crippen LogP contribution in [0.4, 0.5) is 13.2 Å². The molecule has 4 rings (SSSR count). The fourth-order valence-corrected chi connectivity index (χ4v) is 3.82. The maximum absolute atomic E-state index is 12.9. The van der Waals surface area contributed by atoms with Gasteiger partial charge in [0.2, 0.25) is 0 Å². The Morgan fingerprint density at radius 3 is 2.00 bits per heavy atom. The van der Waals surface area contributed by atoms with E-state index in [9.17, 15) is 22.8 Å². The molecule has 0 bridgehead atoms. The Bertz CT molecular complexity index is 1440. The number of nitrogens with zero attached hydrogens (tertiary/aromatic N) is 3. The molecule has 0 spiro atoms. The van der Waals surface area contributed by atoms with E-state index in [2.05, 4.69) is 10.1 Å². The molecule has 2 heterocycles. The second kappa shape index (κ2) is 9.82. The lowest BCUT2D eigenvalue weighted by atomic mass is 10.0. The highest BCUT2D eigenvalue weighted by Gasteiger charge is 2.32. The van der Waals surface area contributed by atoms with Crippen LogP contribution in [-0.2, 0) is 15.7 Å². The van der Waals surface area contributed by atoms with E-state index in [4.69, 9.17) is 21.1 Å². The van der Waals surface area contributed by atoms with Gasteiger partial charge in [0.25, 0.3) is 0 Å². The van der Waals surface area contributed by atoms with E-state index in [1.54, 1.807) is 54.6 Å². The molecule has 0 aliphatic rings. The minimum atomic E-state index is -4.57. The van der Waals surface area contributed by atoms with Crippen LogP contribution in [0.3, 0.4) is 0 Å². The molecular formula is C25H17ClF3N3O4. The summed E-state index contributed by atoms with van der Waals surface area (Å²) < 4.78 is 49.9. The topological polar surface area (TPSA) is 83.3 Å². The Morgan fingerprint density at radius 1 is 0.889 bits per heavy atom. The first kappa shape index (κ1) is 24.9. The Hall–Kier alpha value is -4.18. The minimum Gasteiger partial charge on any atom is -0.465 e. The molecule has 0 aliphatic carbocycles. The highest BCUT2D eigenvalue weighted by Crippen LogP contribution is 2.35. The SMILES string of the molecule is COC(=O)c1c(-c2ccc(-c3ncc(C(F)(F)F)cc3Cl)cc2)nn(-c2ccccc2)c1C(=O)OC. The highest BCUT2D eigenvalue weighted by atomic mass is 35.5. The molecule has 0 amide bonds. The minimum absolute atomic E-state index is 0.105. The van der Waals surface area contributed by atoms with Gasteiger partial charge in [0.05, 0.1) is 36.2 Å². The number of ether oxygens (including phenoxy) is 2. The summed E-state index contributed by atoms with van der Waals surface area (Å²) in [7, 11) is 2.36. The van der Waals surface area contributed by atoms with E-state index in [0.29, 0.717) is 23.0 Å². The Labute approximate surface area is 208 Å². The number of rotatable bonds is 5. The lowest BCUT2D eigenvalue weighted by Gasteiger charge is -2.10. The number of carbonyl (C=O) groups is 2. The summed E-state index contributed by atoms with van der Waals surface area (Å²) >= 11 is 6.06. The molecule has 184 valence electrons. The van der Waals surface area contributed by atoms with Crippen molar-refractivity contribution in [3.8, 4) is 28.2 Å². The number of pyridine rings is 1. The molecule has 0 unspecified atom stereocenters. The quantitative estimate of drug-likeness (QED) is 0.310. The van der Waals surface area contributed by atoms with E-state index in [-0.39, 0.29) is 27.7 Å². The van der Waals surface area contributed by atoms with E-state index in [1.165, 1.54) is 18.9 Å². The van der Waals surface area contributed by atoms with Crippen LogP contribution >= 0.6 is 11.6 Å². The number of halogens is 4. The summed E-state index contributed by atoms with van der Waals surface area (Å²) in [4.78, 5) is 29.3. The fourth-order valence-electron chi connectivity index (χ4n) is 3.55. The van der Waals surface area contributed by atoms with Gasteiger partial charge < -0.3 is 9.47 Å². The summed E-state index contributed by atoms with van der Waals surface area (Å²) in [5.74, 6) is -1.60. The third-order valence-electron chi connectivity index (χ3n) is 5.25. The molecule has 0 saturated heterocycles. The molecular weight excluding hydrogens is 499 g/mol. The average molecular weight is 516 g/mol. The van der Waals surface area contributed by atoms with Crippen molar-refractivity contribution in [1.82, 2.24) is 14.8 Å². The third-order valence-corrected chi connectivity index (χ3v) is 5.54. The molecule has 36 heavy (non-hydrogen) atoms. The van der Waals surface area contributed by atoms with Crippen LogP contribution in [-0.4, -0.2) is 40.9 Å². The van der Waals surface area contributed by atoms with E-state index in [0.717, 1.165) is 6.07 Å². The van der Waals surface area contributed by atoms with Gasteiger partial charge in [-0.2, -0.15) is 18.3 Å². The first-order valence-corrected chi connectivity index (χ1v) is 10.7. The van der Waals surface area contributed by atoms with Crippen molar-refractivity contribution in [1.29, 1.82) is 0 Å². The molecule has 0 saturated carbocycles. The van der Waals surface area contributed by atoms with Crippen molar-refractivity contribution in [2.24, 2.45) is 0 Å². The molecule has 0 atom stereocenters. The van der Waals surface area contributed by atoms with E-state index in [1.807, 2.05) is 0 Å². The lowest BCUT2D eigenvalue weighted by Crippen LogP contribution is -2.15. The molecule has 2 aromatic carbocycles. The maximum atomic E-state index is 12.9. The number of benzene rings is 2. The zero-order valence-corrected chi connectivity index (χ0v) is 19.6. The number of para-hydroxylation sites is 1. The van der Waals surface area contributed by atoms with Crippen molar-refractivity contribution in [3.05, 3.63) is 88.7 Å². The normalized spacial score (nSPS) is 11.3. The van der Waals surface area contributed by atoms with Crippen LogP contribution in [0.1, 0.15) is 26.4 Å². The van der Waals surface area contributed by atoms with Gasteiger partial charge in [-0.05, 0) is 18.2 Å². The molecule has 2 aromatic heterocycles. The smallest absolute Gasteiger partial charge is 0.417 e. The first-order chi connectivity index (χ1) is 17.2. The zero-order chi connectivity index (χ0) is 26.0. The number of alkyl halides is 3. The number of aromatic nitrogens is 3. The summed E-state index contributed by atoms with van der Waals surface area (Å²) in [6, 6.07) is 15.8. The van der Waals surface area contributed by atoms with Crippen LogP contribution < -0.4 is 0 Å². The van der Waals surface area contributed by atoms with Crippen LogP contribution in [0.25, 0.3) is 28.2 Å². The molecule has 11 heteroatoms. The van der Waals surface area contributed by atoms with Crippen LogP contribution in [0.2, 0.25) is 5.02 Å². The monoisotopic (exact) mass is 515 g/mol. The third kappa shape index (κ3) is 4.67. The Kier molecular flexibility index (Phi) is 6.80. The van der Waals surface area contributed by atoms with Gasteiger partial charge in [-0.3, -0.25) is 4.98 Å². The Morgan fingerprint density at radius 2 is 1.47 bits per heavy atom. The van der Waals surface area contributed by atoms with Crippen LogP contribution in [0, 0.1) is 0 Å². The first-order valence-electron chi connectivity index (χ1n) is 10.3. The summed E-state index contributed by atoms with van der Waals surface area (Å²) in [6.07, 6.45) is -3.87. The van der Waals surface area contributed by atoms with Crippen molar-refractivity contribution in [2.75, 3.05) is 14.2 Å². The number of methoxy groups -OCH3 is 2. The zero-order valence-electron chi connectivity index (χ0n) is 18.8. The van der Waals surface area contributed by atoms with Crippen LogP contribution in [0.5, 0.6) is 0 Å². The molecule has 4 aromatic rings. The standard InChI is InChI=1S/C25H17ClF3N3O4/c1-35-23(33)19-21(31-32(22(19)24(34)36-2)17-6-4-3-5-7-17)15-10-8-14(9-11-15)20-18(26)12-16(13-30-20)25(27,28)29/h3-13H,1-2H3. The lowest BCUT2D eigenvalue weighted by molar-refractivity contribution is -0.137. The summed E-state index contributed by atoms with van der Waals surface area (Å²) in [5, 5.41) is 4.32. The van der Waals surface area contributed by atoms with Gasteiger partial charge in [-0.15, -0.1) is 0 Å². The van der Waals surface area contributed by atoms with Gasteiger partial charge in [0.1, 0.15) is 11.3 Å². The van der Waals surface area contributed by atoms with Gasteiger partial charge in [-0.25, -0.2) is 14.3 Å². The molecule has 0 radical (unpaired) electrons. The summed E-state index contributed by atoms with van der Waals surface area (Å²) in [6.45, 7) is 0. The van der Waals surface area contributed by atoms with Gasteiger partial charge in [0, 0.05) is 17.3 Å². The largest absolute Gasteiger partial charge is 0.465 e. The van der Waals surface area contributed by atoms with E-state index < -0.39 is 23.7 Å². The Balaban J connectivity index is 1.84. The molecule has 7 nitrogen and oxygen atoms in total. The second-order valence-electron chi connectivity index (χ2n) is 7.43. The fraction of sp³-hybridized carbons (Fsp3) is 0.120. The number of esters is 2. The van der Waals surface area contributed by atoms with Gasteiger partial charge >= 0.3 is 18.1 Å². The average Bonchev–Trinajstić information content (AvgIpc) is 3.28. The molecule has 0 N–H and O–H groups in total. The van der Waals surface area contributed by atoms with Crippen LogP contribution in [0.15, 0.2) is 66.9 Å². The number of hydrogen-bond acceptors (Lipinski definition) is 6.